The Balaban J connectivity index is 2.17. The summed E-state index contributed by atoms with van der Waals surface area (Å²) in [7, 11) is 0. The first kappa shape index (κ1) is 12.7. The summed E-state index contributed by atoms with van der Waals surface area (Å²) < 4.78 is 0. The summed E-state index contributed by atoms with van der Waals surface area (Å²) in [6, 6.07) is 6.19. The Kier molecular flexibility index (Phi) is 3.51. The van der Waals surface area contributed by atoms with E-state index in [9.17, 15) is 9.59 Å². The molecule has 6 nitrogen and oxygen atoms in total. The van der Waals surface area contributed by atoms with Crippen molar-refractivity contribution >= 4 is 17.6 Å². The first-order valence-corrected chi connectivity index (χ1v) is 5.49. The fraction of sp³-hybridized carbons (Fsp3) is 0.0769. The number of rotatable bonds is 3. The van der Waals surface area contributed by atoms with Gasteiger partial charge in [0.2, 0.25) is 0 Å². The maximum atomic E-state index is 11.9. The van der Waals surface area contributed by atoms with Gasteiger partial charge in [0.05, 0.1) is 5.56 Å². The van der Waals surface area contributed by atoms with Gasteiger partial charge in [-0.2, -0.15) is 0 Å². The number of anilines is 1. The third-order valence-corrected chi connectivity index (χ3v) is 2.41. The number of amides is 1. The summed E-state index contributed by atoms with van der Waals surface area (Å²) >= 11 is 0. The van der Waals surface area contributed by atoms with Gasteiger partial charge >= 0.3 is 5.97 Å². The number of aryl methyl sites for hydroxylation is 1. The molecule has 0 aliphatic heterocycles. The van der Waals surface area contributed by atoms with E-state index in [0.717, 1.165) is 5.69 Å². The van der Waals surface area contributed by atoms with E-state index in [4.69, 9.17) is 5.11 Å². The highest BCUT2D eigenvalue weighted by Crippen LogP contribution is 2.10. The third kappa shape index (κ3) is 3.12. The highest BCUT2D eigenvalue weighted by Gasteiger charge is 2.09. The quantitative estimate of drug-likeness (QED) is 0.873. The molecule has 6 heteroatoms. The van der Waals surface area contributed by atoms with Crippen LogP contribution in [0.25, 0.3) is 0 Å². The van der Waals surface area contributed by atoms with Crippen molar-refractivity contribution in [3.05, 3.63) is 53.6 Å². The zero-order valence-electron chi connectivity index (χ0n) is 10.1. The fourth-order valence-corrected chi connectivity index (χ4v) is 1.43. The molecule has 0 bridgehead atoms. The summed E-state index contributed by atoms with van der Waals surface area (Å²) in [6.45, 7) is 1.82. The minimum atomic E-state index is -1.15. The summed E-state index contributed by atoms with van der Waals surface area (Å²) in [5, 5.41) is 11.4. The van der Waals surface area contributed by atoms with E-state index in [1.54, 1.807) is 12.1 Å². The topological polar surface area (TPSA) is 92.2 Å². The molecule has 0 aliphatic rings. The van der Waals surface area contributed by atoms with Crippen molar-refractivity contribution in [2.75, 3.05) is 5.32 Å². The van der Waals surface area contributed by atoms with Crippen LogP contribution in [0.15, 0.2) is 36.7 Å². The molecule has 0 atom stereocenters. The number of carbonyl (C=O) groups is 2. The van der Waals surface area contributed by atoms with Gasteiger partial charge in [0, 0.05) is 23.8 Å². The Morgan fingerprint density at radius 3 is 2.63 bits per heavy atom. The molecule has 96 valence electrons. The Hall–Kier alpha value is -2.76. The van der Waals surface area contributed by atoms with Crippen molar-refractivity contribution in [3.8, 4) is 0 Å². The number of aromatic nitrogens is 2. The molecule has 0 saturated carbocycles. The second-order valence-corrected chi connectivity index (χ2v) is 3.88. The lowest BCUT2D eigenvalue weighted by atomic mass is 10.2. The van der Waals surface area contributed by atoms with Crippen LogP contribution in [0.2, 0.25) is 0 Å². The number of carbonyl (C=O) groups excluding carboxylic acids is 1. The molecular weight excluding hydrogens is 246 g/mol. The highest BCUT2D eigenvalue weighted by atomic mass is 16.4. The predicted octanol–water partition coefficient (Wildman–Crippen LogP) is 1.74. The zero-order chi connectivity index (χ0) is 13.8. The second kappa shape index (κ2) is 5.26. The van der Waals surface area contributed by atoms with Crippen LogP contribution in [0.1, 0.15) is 26.5 Å². The number of carboxylic acid groups (broad SMARTS) is 1. The predicted molar refractivity (Wildman–Crippen MR) is 68.1 cm³/mol. The van der Waals surface area contributed by atoms with Crippen LogP contribution in [-0.2, 0) is 0 Å². The minimum absolute atomic E-state index is 0.125. The molecule has 2 aromatic heterocycles. The normalized spacial score (nSPS) is 9.95. The van der Waals surface area contributed by atoms with Crippen molar-refractivity contribution in [2.45, 2.75) is 6.92 Å². The molecule has 0 spiro atoms. The van der Waals surface area contributed by atoms with Crippen molar-refractivity contribution in [1.82, 2.24) is 9.97 Å². The van der Waals surface area contributed by atoms with Gasteiger partial charge < -0.3 is 10.4 Å². The number of carboxylic acids is 1. The molecule has 1 amide bonds. The van der Waals surface area contributed by atoms with Crippen LogP contribution in [-0.4, -0.2) is 27.0 Å². The summed E-state index contributed by atoms with van der Waals surface area (Å²) in [4.78, 5) is 30.3. The van der Waals surface area contributed by atoms with Crippen molar-refractivity contribution < 1.29 is 14.7 Å². The van der Waals surface area contributed by atoms with Crippen LogP contribution >= 0.6 is 0 Å². The van der Waals surface area contributed by atoms with Crippen molar-refractivity contribution in [1.29, 1.82) is 0 Å². The monoisotopic (exact) mass is 257 g/mol. The van der Waals surface area contributed by atoms with E-state index in [0.29, 0.717) is 11.3 Å². The first-order valence-electron chi connectivity index (χ1n) is 5.49. The molecule has 2 heterocycles. The fourth-order valence-electron chi connectivity index (χ4n) is 1.43. The minimum Gasteiger partial charge on any atom is -0.477 e. The number of aromatic carboxylic acids is 1. The van der Waals surface area contributed by atoms with Gasteiger partial charge in [-0.1, -0.05) is 0 Å². The van der Waals surface area contributed by atoms with Gasteiger partial charge in [0.15, 0.2) is 0 Å². The molecule has 0 aromatic carbocycles. The average Bonchev–Trinajstić information content (AvgIpc) is 2.39. The van der Waals surface area contributed by atoms with Crippen LogP contribution < -0.4 is 5.32 Å². The number of nitrogens with one attached hydrogen (secondary N) is 1. The van der Waals surface area contributed by atoms with Crippen LogP contribution in [0.3, 0.4) is 0 Å². The second-order valence-electron chi connectivity index (χ2n) is 3.88. The summed E-state index contributed by atoms with van der Waals surface area (Å²) in [5.41, 5.74) is 1.46. The van der Waals surface area contributed by atoms with Gasteiger partial charge in [0.1, 0.15) is 5.69 Å². The van der Waals surface area contributed by atoms with Crippen LogP contribution in [0, 0.1) is 6.92 Å². The summed E-state index contributed by atoms with van der Waals surface area (Å²) in [5.74, 6) is -1.50. The molecule has 2 rings (SSSR count). The smallest absolute Gasteiger partial charge is 0.354 e. The van der Waals surface area contributed by atoms with Crippen LogP contribution in [0.5, 0.6) is 0 Å². The number of nitrogens with zero attached hydrogens (tertiary/aromatic N) is 2. The molecule has 0 aliphatic carbocycles. The lowest BCUT2D eigenvalue weighted by molar-refractivity contribution is 0.0690. The van der Waals surface area contributed by atoms with Gasteiger partial charge in [-0.25, -0.2) is 9.78 Å². The Bertz CT molecular complexity index is 623. The standard InChI is InChI=1S/C13H11N3O3/c1-8-2-3-9(7-15-8)12(17)16-10-4-5-14-11(6-10)13(18)19/h2-7H,1H3,(H,18,19)(H,14,16,17). The van der Waals surface area contributed by atoms with E-state index in [-0.39, 0.29) is 11.6 Å². The zero-order valence-corrected chi connectivity index (χ0v) is 10.1. The lowest BCUT2D eigenvalue weighted by Crippen LogP contribution is -2.13. The van der Waals surface area contributed by atoms with Gasteiger partial charge in [0.25, 0.3) is 5.91 Å². The lowest BCUT2D eigenvalue weighted by Gasteiger charge is -2.05. The molecule has 0 unspecified atom stereocenters. The first-order chi connectivity index (χ1) is 9.06. The third-order valence-electron chi connectivity index (χ3n) is 2.41. The SMILES string of the molecule is Cc1ccc(C(=O)Nc2ccnc(C(=O)O)c2)cn1. The molecular formula is C13H11N3O3. The van der Waals surface area contributed by atoms with Crippen LogP contribution in [0.4, 0.5) is 5.69 Å². The highest BCUT2D eigenvalue weighted by molar-refractivity contribution is 6.04. The Morgan fingerprint density at radius 1 is 1.21 bits per heavy atom. The molecule has 2 aromatic rings. The maximum Gasteiger partial charge on any atom is 0.354 e. The van der Waals surface area contributed by atoms with E-state index in [1.807, 2.05) is 6.92 Å². The summed E-state index contributed by atoms with van der Waals surface area (Å²) in [6.07, 6.45) is 2.79. The Morgan fingerprint density at radius 2 is 2.00 bits per heavy atom. The molecule has 2 N–H and O–H groups in total. The average molecular weight is 257 g/mol. The molecule has 19 heavy (non-hydrogen) atoms. The van der Waals surface area contributed by atoms with E-state index >= 15 is 0 Å². The van der Waals surface area contributed by atoms with Gasteiger partial charge in [-0.3, -0.25) is 9.78 Å². The largest absolute Gasteiger partial charge is 0.477 e. The van der Waals surface area contributed by atoms with Gasteiger partial charge in [-0.15, -0.1) is 0 Å². The Labute approximate surface area is 109 Å². The number of pyridine rings is 2. The van der Waals surface area contributed by atoms with Crippen molar-refractivity contribution in [3.63, 3.8) is 0 Å². The van der Waals surface area contributed by atoms with E-state index in [1.165, 1.54) is 24.5 Å². The number of hydrogen-bond acceptors (Lipinski definition) is 4. The number of hydrogen-bond donors (Lipinski definition) is 2. The maximum absolute atomic E-state index is 11.9. The molecule has 0 radical (unpaired) electrons. The van der Waals surface area contributed by atoms with E-state index in [2.05, 4.69) is 15.3 Å². The molecule has 0 fully saturated rings. The van der Waals surface area contributed by atoms with Crippen molar-refractivity contribution in [2.24, 2.45) is 0 Å². The molecule has 0 saturated heterocycles. The van der Waals surface area contributed by atoms with E-state index < -0.39 is 5.97 Å². The van der Waals surface area contributed by atoms with Gasteiger partial charge in [-0.05, 0) is 31.2 Å².